The predicted octanol–water partition coefficient (Wildman–Crippen LogP) is 3.67. The molecule has 3 rings (SSSR count). The van der Waals surface area contributed by atoms with Gasteiger partial charge in [-0.25, -0.2) is 4.79 Å². The van der Waals surface area contributed by atoms with Crippen LogP contribution in [-0.4, -0.2) is 36.9 Å². The van der Waals surface area contributed by atoms with Crippen molar-refractivity contribution in [3.63, 3.8) is 0 Å². The number of urea groups is 1. The lowest BCUT2D eigenvalue weighted by atomic mass is 10.1. The number of amides is 4. The van der Waals surface area contributed by atoms with E-state index in [-0.39, 0.29) is 17.5 Å². The maximum atomic E-state index is 12.8. The van der Waals surface area contributed by atoms with Crippen molar-refractivity contribution in [1.82, 2.24) is 10.3 Å². The predicted molar refractivity (Wildman–Crippen MR) is 121 cm³/mol. The van der Waals surface area contributed by atoms with Crippen LogP contribution in [0.3, 0.4) is 0 Å². The smallest absolute Gasteiger partial charge is 0.326 e. The van der Waals surface area contributed by atoms with Crippen LogP contribution < -0.4 is 20.9 Å². The monoisotopic (exact) mass is 417 g/mol. The Morgan fingerprint density at radius 3 is 2.35 bits per heavy atom. The number of carbonyl (C=O) groups excluding carboxylic acids is 3. The van der Waals surface area contributed by atoms with E-state index < -0.39 is 6.03 Å². The summed E-state index contributed by atoms with van der Waals surface area (Å²) in [7, 11) is 3.09. The third kappa shape index (κ3) is 5.24. The van der Waals surface area contributed by atoms with Gasteiger partial charge >= 0.3 is 6.03 Å². The van der Waals surface area contributed by atoms with Gasteiger partial charge in [-0.15, -0.1) is 0 Å². The van der Waals surface area contributed by atoms with E-state index in [1.54, 1.807) is 43.4 Å². The van der Waals surface area contributed by atoms with Crippen LogP contribution in [0.5, 0.6) is 0 Å². The Hall–Kier alpha value is -4.20. The number of carbonyl (C=O) groups is 3. The largest absolute Gasteiger partial charge is 0.354 e. The Bertz CT molecular complexity index is 1120. The molecule has 0 fully saturated rings. The summed E-state index contributed by atoms with van der Waals surface area (Å²) < 4.78 is 0. The van der Waals surface area contributed by atoms with Crippen LogP contribution in [0.4, 0.5) is 21.9 Å². The van der Waals surface area contributed by atoms with Crippen molar-refractivity contribution in [2.24, 2.45) is 0 Å². The van der Waals surface area contributed by atoms with Gasteiger partial charge in [0, 0.05) is 42.9 Å². The van der Waals surface area contributed by atoms with E-state index in [0.717, 1.165) is 5.56 Å². The van der Waals surface area contributed by atoms with Crippen LogP contribution in [0, 0.1) is 6.92 Å². The highest BCUT2D eigenvalue weighted by Crippen LogP contribution is 2.20. The first-order valence-electron chi connectivity index (χ1n) is 9.59. The number of nitrogens with one attached hydrogen (secondary N) is 3. The number of aromatic nitrogens is 1. The average molecular weight is 417 g/mol. The maximum Gasteiger partial charge on any atom is 0.326 e. The molecule has 1 heterocycles. The minimum atomic E-state index is -0.419. The van der Waals surface area contributed by atoms with Gasteiger partial charge in [0.1, 0.15) is 5.69 Å². The molecule has 3 N–H and O–H groups in total. The van der Waals surface area contributed by atoms with Gasteiger partial charge in [0.15, 0.2) is 0 Å². The van der Waals surface area contributed by atoms with Gasteiger partial charge < -0.3 is 16.0 Å². The quantitative estimate of drug-likeness (QED) is 0.589. The maximum absolute atomic E-state index is 12.8. The second-order valence-electron chi connectivity index (χ2n) is 6.82. The Morgan fingerprint density at radius 1 is 0.903 bits per heavy atom. The van der Waals surface area contributed by atoms with Gasteiger partial charge in [-0.05, 0) is 48.9 Å². The molecule has 0 bridgehead atoms. The van der Waals surface area contributed by atoms with E-state index in [1.165, 1.54) is 24.2 Å². The number of aryl methyl sites for hydroxylation is 1. The summed E-state index contributed by atoms with van der Waals surface area (Å²) in [6, 6.07) is 17.0. The fraction of sp³-hybridized carbons (Fsp3) is 0.130. The van der Waals surface area contributed by atoms with Gasteiger partial charge in [0.05, 0.1) is 0 Å². The van der Waals surface area contributed by atoms with E-state index in [0.29, 0.717) is 22.6 Å². The molecule has 0 atom stereocenters. The summed E-state index contributed by atoms with van der Waals surface area (Å²) in [6.45, 7) is 1.84. The number of benzene rings is 2. The fourth-order valence-corrected chi connectivity index (χ4v) is 2.82. The molecule has 0 radical (unpaired) electrons. The molecule has 1 aromatic heterocycles. The van der Waals surface area contributed by atoms with E-state index in [9.17, 15) is 14.4 Å². The zero-order valence-corrected chi connectivity index (χ0v) is 17.5. The Labute approximate surface area is 180 Å². The molecule has 0 aliphatic heterocycles. The van der Waals surface area contributed by atoms with Gasteiger partial charge in [0.2, 0.25) is 0 Å². The van der Waals surface area contributed by atoms with Gasteiger partial charge in [0.25, 0.3) is 11.8 Å². The highest BCUT2D eigenvalue weighted by Gasteiger charge is 2.16. The van der Waals surface area contributed by atoms with Crippen LogP contribution in [0.25, 0.3) is 0 Å². The molecule has 158 valence electrons. The summed E-state index contributed by atoms with van der Waals surface area (Å²) in [4.78, 5) is 42.5. The third-order valence-electron chi connectivity index (χ3n) is 4.67. The Balaban J connectivity index is 1.76. The lowest BCUT2D eigenvalue weighted by Gasteiger charge is -2.19. The molecular formula is C23H23N5O3. The molecule has 0 unspecified atom stereocenters. The minimum absolute atomic E-state index is 0.204. The zero-order valence-electron chi connectivity index (χ0n) is 17.5. The van der Waals surface area contributed by atoms with E-state index in [1.807, 2.05) is 25.1 Å². The van der Waals surface area contributed by atoms with Crippen molar-refractivity contribution < 1.29 is 14.4 Å². The average Bonchev–Trinajstić information content (AvgIpc) is 2.80. The second-order valence-corrected chi connectivity index (χ2v) is 6.82. The standard InChI is InChI=1S/C23H23N5O3/c1-15-9-10-16(21(29)26-17-7-5-4-6-8-17)13-19(15)27-23(31)28(3)18-11-12-25-20(14-18)22(30)24-2/h4-14H,1-3H3,(H,24,30)(H,26,29)(H,27,31). The second kappa shape index (κ2) is 9.53. The molecule has 2 aromatic carbocycles. The summed E-state index contributed by atoms with van der Waals surface area (Å²) >= 11 is 0. The molecule has 0 saturated carbocycles. The van der Waals surface area contributed by atoms with Crippen LogP contribution in [0.1, 0.15) is 26.4 Å². The van der Waals surface area contributed by atoms with Crippen molar-refractivity contribution in [1.29, 1.82) is 0 Å². The molecule has 3 aromatic rings. The van der Waals surface area contributed by atoms with Crippen molar-refractivity contribution in [3.05, 3.63) is 83.7 Å². The number of hydrogen-bond donors (Lipinski definition) is 3. The first kappa shape index (κ1) is 21.5. The lowest BCUT2D eigenvalue weighted by molar-refractivity contribution is 0.0957. The van der Waals surface area contributed by atoms with Gasteiger partial charge in [-0.1, -0.05) is 24.3 Å². The first-order chi connectivity index (χ1) is 14.9. The molecule has 4 amide bonds. The van der Waals surface area contributed by atoms with Crippen LogP contribution in [0.2, 0.25) is 0 Å². The third-order valence-corrected chi connectivity index (χ3v) is 4.67. The Kier molecular flexibility index (Phi) is 6.61. The van der Waals surface area contributed by atoms with E-state index >= 15 is 0 Å². The number of nitrogens with zero attached hydrogens (tertiary/aromatic N) is 2. The number of anilines is 3. The minimum Gasteiger partial charge on any atom is -0.354 e. The first-order valence-corrected chi connectivity index (χ1v) is 9.59. The SMILES string of the molecule is CNC(=O)c1cc(N(C)C(=O)Nc2cc(C(=O)Nc3ccccc3)ccc2C)ccn1. The van der Waals surface area contributed by atoms with E-state index in [2.05, 4.69) is 20.9 Å². The van der Waals surface area contributed by atoms with Crippen molar-refractivity contribution >= 4 is 34.9 Å². The van der Waals surface area contributed by atoms with Crippen molar-refractivity contribution in [2.45, 2.75) is 6.92 Å². The number of rotatable bonds is 5. The topological polar surface area (TPSA) is 103 Å². The summed E-state index contributed by atoms with van der Waals surface area (Å²) in [5.74, 6) is -0.622. The zero-order chi connectivity index (χ0) is 22.4. The van der Waals surface area contributed by atoms with Crippen LogP contribution in [0.15, 0.2) is 66.9 Å². The highest BCUT2D eigenvalue weighted by molar-refractivity contribution is 6.07. The van der Waals surface area contributed by atoms with Crippen molar-refractivity contribution in [2.75, 3.05) is 29.6 Å². The summed E-state index contributed by atoms with van der Waals surface area (Å²) in [6.07, 6.45) is 1.46. The van der Waals surface area contributed by atoms with Crippen molar-refractivity contribution in [3.8, 4) is 0 Å². The Morgan fingerprint density at radius 2 is 1.65 bits per heavy atom. The molecule has 0 spiro atoms. The summed E-state index contributed by atoms with van der Waals surface area (Å²) in [5.41, 5.74) is 3.12. The van der Waals surface area contributed by atoms with Gasteiger partial charge in [-0.3, -0.25) is 19.5 Å². The molecule has 31 heavy (non-hydrogen) atoms. The highest BCUT2D eigenvalue weighted by atomic mass is 16.2. The van der Waals surface area contributed by atoms with Crippen LogP contribution in [-0.2, 0) is 0 Å². The molecule has 0 aliphatic rings. The molecule has 0 saturated heterocycles. The lowest BCUT2D eigenvalue weighted by Crippen LogP contribution is -2.32. The summed E-state index contributed by atoms with van der Waals surface area (Å²) in [5, 5.41) is 8.14. The number of pyridine rings is 1. The van der Waals surface area contributed by atoms with Gasteiger partial charge in [-0.2, -0.15) is 0 Å². The van der Waals surface area contributed by atoms with E-state index in [4.69, 9.17) is 0 Å². The fourth-order valence-electron chi connectivity index (χ4n) is 2.82. The molecular weight excluding hydrogens is 394 g/mol. The molecule has 8 nitrogen and oxygen atoms in total. The van der Waals surface area contributed by atoms with Crippen LogP contribution >= 0.6 is 0 Å². The molecule has 8 heteroatoms. The number of para-hydroxylation sites is 1. The number of hydrogen-bond acceptors (Lipinski definition) is 4. The normalized spacial score (nSPS) is 10.2. The molecule has 0 aliphatic carbocycles.